The standard InChI is InChI=1S/C13H14N2O2S/c16-10-2-1-5-15(7-10)13(17)9-3-4-11-12(6-9)18-8-14-11/h3-4,6,8,10,16H,1-2,5,7H2/t10-/m0/s1. The second-order valence-electron chi connectivity index (χ2n) is 4.58. The molecule has 1 saturated heterocycles. The molecule has 0 bridgehead atoms. The van der Waals surface area contributed by atoms with Crippen LogP contribution in [-0.4, -0.2) is 40.1 Å². The topological polar surface area (TPSA) is 53.4 Å². The van der Waals surface area contributed by atoms with Crippen LogP contribution in [0.25, 0.3) is 10.2 Å². The van der Waals surface area contributed by atoms with Gasteiger partial charge >= 0.3 is 0 Å². The molecule has 0 saturated carbocycles. The Kier molecular flexibility index (Phi) is 3.01. The minimum absolute atomic E-state index is 0.00375. The van der Waals surface area contributed by atoms with Crippen molar-refractivity contribution < 1.29 is 9.90 Å². The van der Waals surface area contributed by atoms with Gasteiger partial charge in [0.15, 0.2) is 0 Å². The molecule has 94 valence electrons. The van der Waals surface area contributed by atoms with Crippen LogP contribution in [0.1, 0.15) is 23.2 Å². The zero-order chi connectivity index (χ0) is 12.5. The maximum absolute atomic E-state index is 12.3. The summed E-state index contributed by atoms with van der Waals surface area (Å²) >= 11 is 1.53. The predicted octanol–water partition coefficient (Wildman–Crippen LogP) is 1.89. The minimum Gasteiger partial charge on any atom is -0.391 e. The molecule has 3 rings (SSSR count). The minimum atomic E-state index is -0.380. The summed E-state index contributed by atoms with van der Waals surface area (Å²) in [6.07, 6.45) is 1.28. The van der Waals surface area contributed by atoms with Crippen molar-refractivity contribution in [2.45, 2.75) is 18.9 Å². The van der Waals surface area contributed by atoms with Crippen LogP contribution in [0, 0.1) is 0 Å². The summed E-state index contributed by atoms with van der Waals surface area (Å²) in [6.45, 7) is 1.18. The number of aromatic nitrogens is 1. The van der Waals surface area contributed by atoms with Crippen molar-refractivity contribution in [1.29, 1.82) is 0 Å². The first-order valence-corrected chi connectivity index (χ1v) is 6.92. The monoisotopic (exact) mass is 262 g/mol. The number of nitrogens with zero attached hydrogens (tertiary/aromatic N) is 2. The van der Waals surface area contributed by atoms with Crippen LogP contribution in [0.2, 0.25) is 0 Å². The van der Waals surface area contributed by atoms with Crippen LogP contribution in [0.5, 0.6) is 0 Å². The van der Waals surface area contributed by atoms with Gasteiger partial charge in [-0.3, -0.25) is 4.79 Å². The van der Waals surface area contributed by atoms with E-state index in [1.165, 1.54) is 11.3 Å². The van der Waals surface area contributed by atoms with Crippen molar-refractivity contribution in [2.24, 2.45) is 0 Å². The largest absolute Gasteiger partial charge is 0.391 e. The molecule has 4 nitrogen and oxygen atoms in total. The molecule has 0 aliphatic carbocycles. The van der Waals surface area contributed by atoms with Gasteiger partial charge in [-0.1, -0.05) is 0 Å². The molecule has 1 fully saturated rings. The lowest BCUT2D eigenvalue weighted by Crippen LogP contribution is -2.42. The lowest BCUT2D eigenvalue weighted by Gasteiger charge is -2.30. The van der Waals surface area contributed by atoms with Gasteiger partial charge in [-0.25, -0.2) is 4.98 Å². The number of likely N-dealkylation sites (tertiary alicyclic amines) is 1. The summed E-state index contributed by atoms with van der Waals surface area (Å²) in [5, 5.41) is 9.61. The van der Waals surface area contributed by atoms with Crippen molar-refractivity contribution in [3.63, 3.8) is 0 Å². The van der Waals surface area contributed by atoms with E-state index in [2.05, 4.69) is 4.98 Å². The molecule has 1 aromatic heterocycles. The van der Waals surface area contributed by atoms with E-state index in [1.54, 1.807) is 10.4 Å². The van der Waals surface area contributed by atoms with E-state index in [4.69, 9.17) is 0 Å². The molecular formula is C13H14N2O2S. The number of rotatable bonds is 1. The van der Waals surface area contributed by atoms with Gasteiger partial charge in [0.2, 0.25) is 0 Å². The molecule has 1 aliphatic rings. The average molecular weight is 262 g/mol. The smallest absolute Gasteiger partial charge is 0.253 e. The van der Waals surface area contributed by atoms with Crippen LogP contribution in [0.3, 0.4) is 0 Å². The Hall–Kier alpha value is -1.46. The third-order valence-electron chi connectivity index (χ3n) is 3.26. The lowest BCUT2D eigenvalue weighted by molar-refractivity contribution is 0.0474. The molecule has 0 radical (unpaired) electrons. The molecule has 0 unspecified atom stereocenters. The number of carbonyl (C=O) groups excluding carboxylic acids is 1. The number of benzene rings is 1. The Morgan fingerprint density at radius 1 is 1.50 bits per heavy atom. The Morgan fingerprint density at radius 2 is 2.39 bits per heavy atom. The maximum atomic E-state index is 12.3. The van der Waals surface area contributed by atoms with Gasteiger partial charge < -0.3 is 10.0 Å². The number of aliphatic hydroxyl groups is 1. The molecule has 1 amide bonds. The Bertz CT molecular complexity index is 581. The highest BCUT2D eigenvalue weighted by Crippen LogP contribution is 2.21. The zero-order valence-corrected chi connectivity index (χ0v) is 10.7. The number of hydrogen-bond donors (Lipinski definition) is 1. The van der Waals surface area contributed by atoms with Gasteiger partial charge in [0, 0.05) is 18.7 Å². The molecule has 1 N–H and O–H groups in total. The molecule has 18 heavy (non-hydrogen) atoms. The van der Waals surface area contributed by atoms with Crippen molar-refractivity contribution in [3.8, 4) is 0 Å². The number of amides is 1. The third-order valence-corrected chi connectivity index (χ3v) is 4.05. The van der Waals surface area contributed by atoms with Crippen LogP contribution >= 0.6 is 11.3 Å². The fourth-order valence-electron chi connectivity index (χ4n) is 2.31. The highest BCUT2D eigenvalue weighted by Gasteiger charge is 2.23. The molecule has 2 heterocycles. The number of carbonyl (C=O) groups is 1. The van der Waals surface area contributed by atoms with E-state index in [0.29, 0.717) is 12.1 Å². The average Bonchev–Trinajstić information content (AvgIpc) is 2.85. The van der Waals surface area contributed by atoms with Gasteiger partial charge in [-0.15, -0.1) is 11.3 Å². The van der Waals surface area contributed by atoms with E-state index in [9.17, 15) is 9.90 Å². The number of aliphatic hydroxyl groups excluding tert-OH is 1. The van der Waals surface area contributed by atoms with E-state index in [0.717, 1.165) is 29.6 Å². The molecule has 1 aromatic carbocycles. The van der Waals surface area contributed by atoms with Gasteiger partial charge in [-0.2, -0.15) is 0 Å². The first kappa shape index (κ1) is 11.6. The Balaban J connectivity index is 1.86. The third kappa shape index (κ3) is 2.11. The Labute approximate surface area is 109 Å². The quantitative estimate of drug-likeness (QED) is 0.854. The van der Waals surface area contributed by atoms with E-state index in [-0.39, 0.29) is 12.0 Å². The van der Waals surface area contributed by atoms with Gasteiger partial charge in [0.1, 0.15) is 0 Å². The normalized spacial score (nSPS) is 20.3. The predicted molar refractivity (Wildman–Crippen MR) is 70.8 cm³/mol. The lowest BCUT2D eigenvalue weighted by atomic mass is 10.1. The highest BCUT2D eigenvalue weighted by molar-refractivity contribution is 7.16. The summed E-state index contributed by atoms with van der Waals surface area (Å²) < 4.78 is 1.03. The molecule has 2 aromatic rings. The fraction of sp³-hybridized carbons (Fsp3) is 0.385. The summed E-state index contributed by atoms with van der Waals surface area (Å²) in [7, 11) is 0. The molecule has 1 atom stereocenters. The molecule has 0 spiro atoms. The van der Waals surface area contributed by atoms with Gasteiger partial charge in [-0.05, 0) is 31.0 Å². The van der Waals surface area contributed by atoms with Crippen molar-refractivity contribution in [1.82, 2.24) is 9.88 Å². The second kappa shape index (κ2) is 4.66. The zero-order valence-electron chi connectivity index (χ0n) is 9.87. The van der Waals surface area contributed by atoms with Crippen molar-refractivity contribution in [3.05, 3.63) is 29.3 Å². The van der Waals surface area contributed by atoms with Crippen molar-refractivity contribution in [2.75, 3.05) is 13.1 Å². The summed E-state index contributed by atoms with van der Waals surface area (Å²) in [6, 6.07) is 5.57. The maximum Gasteiger partial charge on any atom is 0.253 e. The van der Waals surface area contributed by atoms with Crippen LogP contribution in [-0.2, 0) is 0 Å². The SMILES string of the molecule is O=C(c1ccc2ncsc2c1)N1CCC[C@H](O)C1. The highest BCUT2D eigenvalue weighted by atomic mass is 32.1. The van der Waals surface area contributed by atoms with E-state index < -0.39 is 0 Å². The first-order valence-electron chi connectivity index (χ1n) is 6.04. The molecule has 5 heteroatoms. The summed E-state index contributed by atoms with van der Waals surface area (Å²) in [4.78, 5) is 18.2. The molecule has 1 aliphatic heterocycles. The summed E-state index contributed by atoms with van der Waals surface area (Å²) in [5.41, 5.74) is 3.39. The number of β-amino-alcohol motifs (C(OH)–C–C–N with tert-alkyl or cyclic N) is 1. The Morgan fingerprint density at radius 3 is 3.22 bits per heavy atom. The van der Waals surface area contributed by atoms with Crippen LogP contribution < -0.4 is 0 Å². The number of hydrogen-bond acceptors (Lipinski definition) is 4. The van der Waals surface area contributed by atoms with Crippen LogP contribution in [0.4, 0.5) is 0 Å². The van der Waals surface area contributed by atoms with Crippen molar-refractivity contribution >= 4 is 27.5 Å². The summed E-state index contributed by atoms with van der Waals surface area (Å²) in [5.74, 6) is 0.00375. The van der Waals surface area contributed by atoms with E-state index >= 15 is 0 Å². The number of fused-ring (bicyclic) bond motifs is 1. The van der Waals surface area contributed by atoms with E-state index in [1.807, 2.05) is 18.2 Å². The van der Waals surface area contributed by atoms with Gasteiger partial charge in [0.05, 0.1) is 21.8 Å². The van der Waals surface area contributed by atoms with Crippen LogP contribution in [0.15, 0.2) is 23.7 Å². The fourth-order valence-corrected chi connectivity index (χ4v) is 3.03. The number of piperidine rings is 1. The van der Waals surface area contributed by atoms with Gasteiger partial charge in [0.25, 0.3) is 5.91 Å². The first-order chi connectivity index (χ1) is 8.74. The number of thiazole rings is 1. The second-order valence-corrected chi connectivity index (χ2v) is 5.47. The molecular weight excluding hydrogens is 248 g/mol.